The van der Waals surface area contributed by atoms with E-state index < -0.39 is 11.9 Å². The van der Waals surface area contributed by atoms with E-state index in [-0.39, 0.29) is 6.61 Å². The van der Waals surface area contributed by atoms with Crippen molar-refractivity contribution in [3.05, 3.63) is 41.3 Å². The lowest BCUT2D eigenvalue weighted by molar-refractivity contribution is 0.188. The summed E-state index contributed by atoms with van der Waals surface area (Å²) in [7, 11) is 0. The third-order valence-corrected chi connectivity index (χ3v) is 2.35. The van der Waals surface area contributed by atoms with Crippen molar-refractivity contribution in [2.45, 2.75) is 26.6 Å². The SMILES string of the molecule is Cc1nc(COc2ccc(F)cc2[C@H](C)O)no1. The number of ether oxygens (including phenoxy) is 1. The number of aliphatic hydroxyl groups excluding tert-OH is 1. The second-order valence-electron chi connectivity index (χ2n) is 3.88. The molecule has 0 saturated carbocycles. The minimum atomic E-state index is -0.817. The lowest BCUT2D eigenvalue weighted by Gasteiger charge is -2.12. The summed E-state index contributed by atoms with van der Waals surface area (Å²) in [6.45, 7) is 3.32. The van der Waals surface area contributed by atoms with Crippen molar-refractivity contribution in [3.63, 3.8) is 0 Å². The number of halogens is 1. The number of rotatable bonds is 4. The summed E-state index contributed by atoms with van der Waals surface area (Å²) >= 11 is 0. The number of benzene rings is 1. The average molecular weight is 252 g/mol. The molecule has 1 N–H and O–H groups in total. The monoisotopic (exact) mass is 252 g/mol. The van der Waals surface area contributed by atoms with Gasteiger partial charge in [-0.2, -0.15) is 4.98 Å². The highest BCUT2D eigenvalue weighted by Crippen LogP contribution is 2.26. The Bertz CT molecular complexity index is 540. The van der Waals surface area contributed by atoms with Gasteiger partial charge in [0.1, 0.15) is 11.6 Å². The second-order valence-corrected chi connectivity index (χ2v) is 3.88. The van der Waals surface area contributed by atoms with Crippen LogP contribution >= 0.6 is 0 Å². The molecule has 18 heavy (non-hydrogen) atoms. The summed E-state index contributed by atoms with van der Waals surface area (Å²) in [5.74, 6) is 0.819. The second kappa shape index (κ2) is 5.14. The van der Waals surface area contributed by atoms with E-state index in [1.165, 1.54) is 18.2 Å². The third kappa shape index (κ3) is 2.84. The third-order valence-electron chi connectivity index (χ3n) is 2.35. The van der Waals surface area contributed by atoms with Crippen molar-refractivity contribution in [2.75, 3.05) is 0 Å². The van der Waals surface area contributed by atoms with Gasteiger partial charge in [-0.3, -0.25) is 0 Å². The zero-order valence-corrected chi connectivity index (χ0v) is 10.1. The molecule has 2 aromatic rings. The fourth-order valence-electron chi connectivity index (χ4n) is 1.52. The zero-order valence-electron chi connectivity index (χ0n) is 10.1. The summed E-state index contributed by atoms with van der Waals surface area (Å²) in [4.78, 5) is 3.98. The van der Waals surface area contributed by atoms with Gasteiger partial charge in [0.25, 0.3) is 0 Å². The first-order chi connectivity index (χ1) is 8.56. The van der Waals surface area contributed by atoms with Crippen LogP contribution in [0.2, 0.25) is 0 Å². The number of hydrogen-bond donors (Lipinski definition) is 1. The Morgan fingerprint density at radius 3 is 2.89 bits per heavy atom. The molecule has 0 radical (unpaired) electrons. The van der Waals surface area contributed by atoms with Crippen molar-refractivity contribution in [1.82, 2.24) is 10.1 Å². The van der Waals surface area contributed by atoms with Gasteiger partial charge in [0.2, 0.25) is 11.7 Å². The maximum atomic E-state index is 13.1. The molecule has 1 aromatic heterocycles. The van der Waals surface area contributed by atoms with E-state index in [4.69, 9.17) is 9.26 Å². The molecular formula is C12H13FN2O3. The summed E-state index contributed by atoms with van der Waals surface area (Å²) < 4.78 is 23.3. The zero-order chi connectivity index (χ0) is 13.1. The number of aromatic nitrogens is 2. The lowest BCUT2D eigenvalue weighted by atomic mass is 10.1. The van der Waals surface area contributed by atoms with Gasteiger partial charge >= 0.3 is 0 Å². The van der Waals surface area contributed by atoms with Gasteiger partial charge in [-0.15, -0.1) is 0 Å². The van der Waals surface area contributed by atoms with Crippen LogP contribution in [-0.4, -0.2) is 15.2 Å². The molecule has 1 heterocycles. The van der Waals surface area contributed by atoms with Crippen molar-refractivity contribution in [2.24, 2.45) is 0 Å². The van der Waals surface area contributed by atoms with E-state index in [0.717, 1.165) is 0 Å². The van der Waals surface area contributed by atoms with E-state index >= 15 is 0 Å². The maximum Gasteiger partial charge on any atom is 0.223 e. The summed E-state index contributed by atoms with van der Waals surface area (Å²) in [5, 5.41) is 13.2. The predicted octanol–water partition coefficient (Wildman–Crippen LogP) is 2.15. The van der Waals surface area contributed by atoms with Gasteiger partial charge in [0.05, 0.1) is 6.10 Å². The van der Waals surface area contributed by atoms with Crippen LogP contribution in [0.1, 0.15) is 30.3 Å². The standard InChI is InChI=1S/C12H13FN2O3/c1-7(16)10-5-9(13)3-4-11(10)17-6-12-14-8(2)18-15-12/h3-5,7,16H,6H2,1-2H3/t7-/m0/s1. The molecule has 0 saturated heterocycles. The van der Waals surface area contributed by atoms with Crippen LogP contribution in [0.3, 0.4) is 0 Å². The molecule has 1 atom stereocenters. The molecule has 0 unspecified atom stereocenters. The fourth-order valence-corrected chi connectivity index (χ4v) is 1.52. The minimum Gasteiger partial charge on any atom is -0.485 e. The molecule has 1 aromatic carbocycles. The average Bonchev–Trinajstić information content (AvgIpc) is 2.73. The van der Waals surface area contributed by atoms with Crippen molar-refractivity contribution in [1.29, 1.82) is 0 Å². The predicted molar refractivity (Wildman–Crippen MR) is 60.4 cm³/mol. The smallest absolute Gasteiger partial charge is 0.223 e. The summed E-state index contributed by atoms with van der Waals surface area (Å²) in [6, 6.07) is 3.97. The van der Waals surface area contributed by atoms with E-state index in [1.54, 1.807) is 13.8 Å². The normalized spacial score (nSPS) is 12.4. The summed E-state index contributed by atoms with van der Waals surface area (Å²) in [5.41, 5.74) is 0.384. The molecule has 0 aliphatic carbocycles. The summed E-state index contributed by atoms with van der Waals surface area (Å²) in [6.07, 6.45) is -0.817. The van der Waals surface area contributed by atoms with Gasteiger partial charge in [-0.25, -0.2) is 4.39 Å². The van der Waals surface area contributed by atoms with Crippen molar-refractivity contribution >= 4 is 0 Å². The fraction of sp³-hybridized carbons (Fsp3) is 0.333. The number of hydrogen-bond acceptors (Lipinski definition) is 5. The molecule has 0 bridgehead atoms. The molecule has 0 amide bonds. The van der Waals surface area contributed by atoms with Crippen LogP contribution in [-0.2, 0) is 6.61 Å². The number of aliphatic hydroxyl groups is 1. The molecule has 96 valence electrons. The van der Waals surface area contributed by atoms with Crippen LogP contribution in [0.15, 0.2) is 22.7 Å². The first-order valence-electron chi connectivity index (χ1n) is 5.46. The van der Waals surface area contributed by atoms with E-state index in [0.29, 0.717) is 23.0 Å². The molecule has 0 aliphatic rings. The molecule has 6 heteroatoms. The topological polar surface area (TPSA) is 68.4 Å². The Kier molecular flexibility index (Phi) is 3.57. The first-order valence-corrected chi connectivity index (χ1v) is 5.46. The van der Waals surface area contributed by atoms with E-state index in [9.17, 15) is 9.50 Å². The van der Waals surface area contributed by atoms with Crippen LogP contribution < -0.4 is 4.74 Å². The van der Waals surface area contributed by atoms with Crippen molar-refractivity contribution < 1.29 is 18.8 Å². The molecular weight excluding hydrogens is 239 g/mol. The number of nitrogens with zero attached hydrogens (tertiary/aromatic N) is 2. The Morgan fingerprint density at radius 1 is 1.50 bits per heavy atom. The highest BCUT2D eigenvalue weighted by molar-refractivity contribution is 5.35. The first kappa shape index (κ1) is 12.5. The Hall–Kier alpha value is -1.95. The number of aryl methyl sites for hydroxylation is 1. The van der Waals surface area contributed by atoms with Gasteiger partial charge in [-0.1, -0.05) is 5.16 Å². The molecule has 5 nitrogen and oxygen atoms in total. The minimum absolute atomic E-state index is 0.0999. The highest BCUT2D eigenvalue weighted by Gasteiger charge is 2.12. The van der Waals surface area contributed by atoms with Crippen LogP contribution in [0.25, 0.3) is 0 Å². The molecule has 0 fully saturated rings. The molecule has 0 spiro atoms. The maximum absolute atomic E-state index is 13.1. The van der Waals surface area contributed by atoms with E-state index in [1.807, 2.05) is 0 Å². The van der Waals surface area contributed by atoms with Gasteiger partial charge < -0.3 is 14.4 Å². The van der Waals surface area contributed by atoms with Gasteiger partial charge in [-0.05, 0) is 25.1 Å². The molecule has 2 rings (SSSR count). The van der Waals surface area contributed by atoms with Crippen molar-refractivity contribution in [3.8, 4) is 5.75 Å². The van der Waals surface area contributed by atoms with Crippen LogP contribution in [0.5, 0.6) is 5.75 Å². The Labute approximate surface area is 103 Å². The quantitative estimate of drug-likeness (QED) is 0.902. The van der Waals surface area contributed by atoms with Crippen LogP contribution in [0.4, 0.5) is 4.39 Å². The lowest BCUT2D eigenvalue weighted by Crippen LogP contribution is -2.02. The van der Waals surface area contributed by atoms with Crippen LogP contribution in [0, 0.1) is 12.7 Å². The largest absolute Gasteiger partial charge is 0.485 e. The molecule has 0 aliphatic heterocycles. The van der Waals surface area contributed by atoms with Gasteiger partial charge in [0.15, 0.2) is 6.61 Å². The Balaban J connectivity index is 2.13. The Morgan fingerprint density at radius 2 is 2.28 bits per heavy atom. The van der Waals surface area contributed by atoms with Gasteiger partial charge in [0, 0.05) is 12.5 Å². The highest BCUT2D eigenvalue weighted by atomic mass is 19.1. The van der Waals surface area contributed by atoms with E-state index in [2.05, 4.69) is 10.1 Å².